The highest BCUT2D eigenvalue weighted by molar-refractivity contribution is 5.85. The summed E-state index contributed by atoms with van der Waals surface area (Å²) < 4.78 is 5.11. The standard InChI is InChI=1S/C14H14N2O2.ClH/c1-18-11-6-4-10(5-7-11)12-3-2-8-16-13(12)9-14(15)17;/h2-8H,9H2,1H3,(H2,15,17);1H. The van der Waals surface area contributed by atoms with Crippen molar-refractivity contribution >= 4 is 18.3 Å². The molecule has 2 aromatic rings. The number of hydrogen-bond donors (Lipinski definition) is 1. The van der Waals surface area contributed by atoms with Crippen LogP contribution in [0.5, 0.6) is 5.75 Å². The van der Waals surface area contributed by atoms with Crippen LogP contribution in [0, 0.1) is 0 Å². The summed E-state index contributed by atoms with van der Waals surface area (Å²) in [5.41, 5.74) is 7.81. The number of halogens is 1. The minimum absolute atomic E-state index is 0. The van der Waals surface area contributed by atoms with Gasteiger partial charge in [0.25, 0.3) is 0 Å². The summed E-state index contributed by atoms with van der Waals surface area (Å²) in [7, 11) is 1.62. The number of nitrogens with zero attached hydrogens (tertiary/aromatic N) is 1. The number of hydrogen-bond acceptors (Lipinski definition) is 3. The third kappa shape index (κ3) is 3.69. The van der Waals surface area contributed by atoms with Crippen LogP contribution in [0.15, 0.2) is 42.6 Å². The van der Waals surface area contributed by atoms with E-state index in [1.807, 2.05) is 36.4 Å². The minimum Gasteiger partial charge on any atom is -0.497 e. The van der Waals surface area contributed by atoms with Crippen molar-refractivity contribution in [1.82, 2.24) is 4.98 Å². The highest BCUT2D eigenvalue weighted by atomic mass is 35.5. The summed E-state index contributed by atoms with van der Waals surface area (Å²) in [4.78, 5) is 15.2. The quantitative estimate of drug-likeness (QED) is 0.932. The van der Waals surface area contributed by atoms with E-state index >= 15 is 0 Å². The molecule has 0 bridgehead atoms. The molecule has 1 amide bonds. The molecule has 0 atom stereocenters. The average molecular weight is 279 g/mol. The predicted octanol–water partition coefficient (Wildman–Crippen LogP) is 2.21. The SMILES string of the molecule is COc1ccc(-c2cccnc2CC(N)=O)cc1.Cl. The van der Waals surface area contributed by atoms with Gasteiger partial charge in [0.05, 0.1) is 19.2 Å². The number of methoxy groups -OCH3 is 1. The first kappa shape index (κ1) is 15.0. The van der Waals surface area contributed by atoms with E-state index in [1.165, 1.54) is 0 Å². The van der Waals surface area contributed by atoms with E-state index in [9.17, 15) is 4.79 Å². The van der Waals surface area contributed by atoms with E-state index in [-0.39, 0.29) is 24.7 Å². The number of aromatic nitrogens is 1. The van der Waals surface area contributed by atoms with Gasteiger partial charge in [0.15, 0.2) is 0 Å². The van der Waals surface area contributed by atoms with E-state index in [1.54, 1.807) is 13.3 Å². The third-order valence-corrected chi connectivity index (χ3v) is 2.63. The van der Waals surface area contributed by atoms with Gasteiger partial charge in [-0.3, -0.25) is 9.78 Å². The second-order valence-electron chi connectivity index (χ2n) is 3.87. The van der Waals surface area contributed by atoms with Gasteiger partial charge in [-0.25, -0.2) is 0 Å². The first-order valence-electron chi connectivity index (χ1n) is 5.57. The Kier molecular flexibility index (Phi) is 5.33. The molecule has 0 radical (unpaired) electrons. The number of primary amides is 1. The van der Waals surface area contributed by atoms with Crippen LogP contribution in [0.1, 0.15) is 5.69 Å². The molecule has 0 spiro atoms. The van der Waals surface area contributed by atoms with Crippen molar-refractivity contribution in [1.29, 1.82) is 0 Å². The summed E-state index contributed by atoms with van der Waals surface area (Å²) in [5, 5.41) is 0. The third-order valence-electron chi connectivity index (χ3n) is 2.63. The van der Waals surface area contributed by atoms with Crippen LogP contribution in [0.4, 0.5) is 0 Å². The van der Waals surface area contributed by atoms with Crippen molar-refractivity contribution in [2.75, 3.05) is 7.11 Å². The maximum absolute atomic E-state index is 11.0. The fraction of sp³-hybridized carbons (Fsp3) is 0.143. The summed E-state index contributed by atoms with van der Waals surface area (Å²) in [5.74, 6) is 0.405. The first-order chi connectivity index (χ1) is 8.70. The Labute approximate surface area is 118 Å². The lowest BCUT2D eigenvalue weighted by Crippen LogP contribution is -2.15. The first-order valence-corrected chi connectivity index (χ1v) is 5.57. The van der Waals surface area contributed by atoms with Crippen molar-refractivity contribution in [3.63, 3.8) is 0 Å². The van der Waals surface area contributed by atoms with Gasteiger partial charge < -0.3 is 10.5 Å². The maximum Gasteiger partial charge on any atom is 0.223 e. The molecular formula is C14H15ClN2O2. The largest absolute Gasteiger partial charge is 0.497 e. The molecule has 0 unspecified atom stereocenters. The Hall–Kier alpha value is -2.07. The van der Waals surface area contributed by atoms with Gasteiger partial charge in [0.1, 0.15) is 5.75 Å². The number of carbonyl (C=O) groups excluding carboxylic acids is 1. The van der Waals surface area contributed by atoms with E-state index in [0.29, 0.717) is 5.69 Å². The molecule has 0 aliphatic heterocycles. The number of pyridine rings is 1. The average Bonchev–Trinajstić information content (AvgIpc) is 2.39. The van der Waals surface area contributed by atoms with E-state index in [2.05, 4.69) is 4.98 Å². The second kappa shape index (κ2) is 6.75. The lowest BCUT2D eigenvalue weighted by atomic mass is 10.0. The molecule has 0 fully saturated rings. The summed E-state index contributed by atoms with van der Waals surface area (Å²) in [6.45, 7) is 0. The summed E-state index contributed by atoms with van der Waals surface area (Å²) in [6, 6.07) is 11.4. The van der Waals surface area contributed by atoms with Crippen LogP contribution in [-0.4, -0.2) is 18.0 Å². The number of rotatable bonds is 4. The summed E-state index contributed by atoms with van der Waals surface area (Å²) >= 11 is 0. The highest BCUT2D eigenvalue weighted by Crippen LogP contribution is 2.24. The molecule has 2 N–H and O–H groups in total. The minimum atomic E-state index is -0.386. The van der Waals surface area contributed by atoms with Crippen LogP contribution in [0.3, 0.4) is 0 Å². The van der Waals surface area contributed by atoms with Crippen molar-refractivity contribution in [3.8, 4) is 16.9 Å². The van der Waals surface area contributed by atoms with Gasteiger partial charge in [-0.15, -0.1) is 12.4 Å². The zero-order valence-electron chi connectivity index (χ0n) is 10.5. The van der Waals surface area contributed by atoms with Crippen molar-refractivity contribution in [2.24, 2.45) is 5.73 Å². The number of ether oxygens (including phenoxy) is 1. The second-order valence-corrected chi connectivity index (χ2v) is 3.87. The molecule has 1 aromatic carbocycles. The van der Waals surface area contributed by atoms with Gasteiger partial charge in [-0.2, -0.15) is 0 Å². The smallest absolute Gasteiger partial charge is 0.223 e. The normalized spacial score (nSPS) is 9.53. The van der Waals surface area contributed by atoms with Crippen LogP contribution >= 0.6 is 12.4 Å². The topological polar surface area (TPSA) is 65.2 Å². The molecule has 0 saturated carbocycles. The van der Waals surface area contributed by atoms with Gasteiger partial charge in [0.2, 0.25) is 5.91 Å². The molecule has 5 heteroatoms. The lowest BCUT2D eigenvalue weighted by molar-refractivity contribution is -0.117. The molecular weight excluding hydrogens is 264 g/mol. The monoisotopic (exact) mass is 278 g/mol. The Bertz CT molecular complexity index is 556. The zero-order valence-corrected chi connectivity index (χ0v) is 11.3. The van der Waals surface area contributed by atoms with Gasteiger partial charge in [0, 0.05) is 11.8 Å². The molecule has 0 aliphatic rings. The molecule has 0 aliphatic carbocycles. The Balaban J connectivity index is 0.00000180. The molecule has 4 nitrogen and oxygen atoms in total. The van der Waals surface area contributed by atoms with Crippen molar-refractivity contribution in [2.45, 2.75) is 6.42 Å². The highest BCUT2D eigenvalue weighted by Gasteiger charge is 2.08. The van der Waals surface area contributed by atoms with E-state index < -0.39 is 0 Å². The Morgan fingerprint density at radius 1 is 1.26 bits per heavy atom. The number of amides is 1. The number of carbonyl (C=O) groups is 1. The summed E-state index contributed by atoms with van der Waals surface area (Å²) in [6.07, 6.45) is 1.80. The molecule has 100 valence electrons. The van der Waals surface area contributed by atoms with Crippen molar-refractivity contribution in [3.05, 3.63) is 48.3 Å². The van der Waals surface area contributed by atoms with Gasteiger partial charge in [-0.1, -0.05) is 18.2 Å². The van der Waals surface area contributed by atoms with Crippen LogP contribution in [0.25, 0.3) is 11.1 Å². The molecule has 19 heavy (non-hydrogen) atoms. The molecule has 2 rings (SSSR count). The zero-order chi connectivity index (χ0) is 13.0. The molecule has 0 saturated heterocycles. The van der Waals surface area contributed by atoms with Crippen molar-refractivity contribution < 1.29 is 9.53 Å². The van der Waals surface area contributed by atoms with Crippen LogP contribution in [0.2, 0.25) is 0 Å². The predicted molar refractivity (Wildman–Crippen MR) is 76.4 cm³/mol. The number of nitrogens with two attached hydrogens (primary N) is 1. The Morgan fingerprint density at radius 3 is 2.53 bits per heavy atom. The van der Waals surface area contributed by atoms with Gasteiger partial charge >= 0.3 is 0 Å². The lowest BCUT2D eigenvalue weighted by Gasteiger charge is -2.08. The van der Waals surface area contributed by atoms with Gasteiger partial charge in [-0.05, 0) is 23.8 Å². The number of benzene rings is 1. The molecule has 1 aromatic heterocycles. The maximum atomic E-state index is 11.0. The van der Waals surface area contributed by atoms with E-state index in [4.69, 9.17) is 10.5 Å². The fourth-order valence-corrected chi connectivity index (χ4v) is 1.78. The van der Waals surface area contributed by atoms with E-state index in [0.717, 1.165) is 16.9 Å². The fourth-order valence-electron chi connectivity index (χ4n) is 1.78. The Morgan fingerprint density at radius 2 is 1.95 bits per heavy atom. The van der Waals surface area contributed by atoms with Crippen LogP contribution < -0.4 is 10.5 Å². The van der Waals surface area contributed by atoms with Crippen LogP contribution in [-0.2, 0) is 11.2 Å². The molecule has 1 heterocycles.